The first-order chi connectivity index (χ1) is 8.55. The largest absolute Gasteiger partial charge is 0.383 e. The summed E-state index contributed by atoms with van der Waals surface area (Å²) in [6.07, 6.45) is 2.95. The SMILES string of the molecule is Cc1nc(N)c2cn(C3(CF)CC3)c(=O)cc2n1. The van der Waals surface area contributed by atoms with Gasteiger partial charge in [0.25, 0.3) is 5.56 Å². The highest BCUT2D eigenvalue weighted by molar-refractivity contribution is 5.87. The molecule has 18 heavy (non-hydrogen) atoms. The Bertz CT molecular complexity index is 690. The summed E-state index contributed by atoms with van der Waals surface area (Å²) in [6.45, 7) is 1.18. The van der Waals surface area contributed by atoms with Crippen molar-refractivity contribution in [1.82, 2.24) is 14.5 Å². The van der Waals surface area contributed by atoms with Crippen molar-refractivity contribution >= 4 is 16.7 Å². The fraction of sp³-hybridized carbons (Fsp3) is 0.417. The van der Waals surface area contributed by atoms with Gasteiger partial charge in [-0.1, -0.05) is 0 Å². The zero-order valence-corrected chi connectivity index (χ0v) is 9.98. The molecule has 0 spiro atoms. The number of anilines is 1. The Balaban J connectivity index is 2.30. The molecule has 6 heteroatoms. The van der Waals surface area contributed by atoms with Crippen LogP contribution in [0.5, 0.6) is 0 Å². The molecular weight excluding hydrogens is 235 g/mol. The molecule has 1 saturated carbocycles. The van der Waals surface area contributed by atoms with E-state index in [4.69, 9.17) is 5.73 Å². The van der Waals surface area contributed by atoms with E-state index in [2.05, 4.69) is 9.97 Å². The number of alkyl halides is 1. The molecule has 94 valence electrons. The fourth-order valence-electron chi connectivity index (χ4n) is 2.20. The molecule has 0 bridgehead atoms. The Hall–Kier alpha value is -1.98. The lowest BCUT2D eigenvalue weighted by Gasteiger charge is -2.15. The molecule has 2 heterocycles. The van der Waals surface area contributed by atoms with Gasteiger partial charge in [0, 0.05) is 12.3 Å². The van der Waals surface area contributed by atoms with Gasteiger partial charge in [-0.15, -0.1) is 0 Å². The van der Waals surface area contributed by atoms with E-state index in [1.807, 2.05) is 0 Å². The molecule has 1 fully saturated rings. The van der Waals surface area contributed by atoms with Gasteiger partial charge < -0.3 is 10.3 Å². The van der Waals surface area contributed by atoms with Gasteiger partial charge in [0.05, 0.1) is 16.4 Å². The third-order valence-corrected chi connectivity index (χ3v) is 3.46. The minimum atomic E-state index is -0.664. The average molecular weight is 248 g/mol. The zero-order valence-electron chi connectivity index (χ0n) is 9.98. The van der Waals surface area contributed by atoms with E-state index in [0.29, 0.717) is 35.4 Å². The molecule has 0 atom stereocenters. The maximum atomic E-state index is 13.0. The van der Waals surface area contributed by atoms with Crippen molar-refractivity contribution in [2.24, 2.45) is 0 Å². The summed E-state index contributed by atoms with van der Waals surface area (Å²) >= 11 is 0. The second-order valence-electron chi connectivity index (χ2n) is 4.79. The van der Waals surface area contributed by atoms with Crippen LogP contribution in [0.15, 0.2) is 17.1 Å². The lowest BCUT2D eigenvalue weighted by molar-refractivity contribution is 0.331. The summed E-state index contributed by atoms with van der Waals surface area (Å²) in [7, 11) is 0. The average Bonchev–Trinajstić information content (AvgIpc) is 3.08. The van der Waals surface area contributed by atoms with Gasteiger partial charge in [0.1, 0.15) is 18.3 Å². The van der Waals surface area contributed by atoms with Crippen LogP contribution < -0.4 is 11.3 Å². The number of hydrogen-bond donors (Lipinski definition) is 1. The van der Waals surface area contributed by atoms with Gasteiger partial charge >= 0.3 is 0 Å². The van der Waals surface area contributed by atoms with Crippen molar-refractivity contribution in [2.45, 2.75) is 25.3 Å². The number of aryl methyl sites for hydroxylation is 1. The highest BCUT2D eigenvalue weighted by Crippen LogP contribution is 2.43. The van der Waals surface area contributed by atoms with E-state index in [1.165, 1.54) is 10.6 Å². The number of aromatic nitrogens is 3. The van der Waals surface area contributed by atoms with Crippen LogP contribution >= 0.6 is 0 Å². The summed E-state index contributed by atoms with van der Waals surface area (Å²) in [5.74, 6) is 0.838. The van der Waals surface area contributed by atoms with Crippen LogP contribution in [0.4, 0.5) is 10.2 Å². The Morgan fingerprint density at radius 1 is 1.50 bits per heavy atom. The van der Waals surface area contributed by atoms with Crippen LogP contribution in [0.3, 0.4) is 0 Å². The maximum absolute atomic E-state index is 13.0. The summed E-state index contributed by atoms with van der Waals surface area (Å²) in [5, 5.41) is 0.597. The lowest BCUT2D eigenvalue weighted by atomic mass is 10.2. The molecule has 0 saturated heterocycles. The smallest absolute Gasteiger partial charge is 0.253 e. The van der Waals surface area contributed by atoms with Crippen molar-refractivity contribution in [3.63, 3.8) is 0 Å². The standard InChI is InChI=1S/C12H13FN4O/c1-7-15-9-4-10(18)17(12(6-13)2-3-12)5-8(9)11(14)16-7/h4-5H,2-3,6H2,1H3,(H2,14,15,16). The predicted molar refractivity (Wildman–Crippen MR) is 66.1 cm³/mol. The Morgan fingerprint density at radius 2 is 2.22 bits per heavy atom. The van der Waals surface area contributed by atoms with Crippen molar-refractivity contribution in [1.29, 1.82) is 0 Å². The number of fused-ring (bicyclic) bond motifs is 1. The van der Waals surface area contributed by atoms with Crippen LogP contribution in [0.1, 0.15) is 18.7 Å². The molecule has 2 N–H and O–H groups in total. The molecule has 0 amide bonds. The number of nitrogen functional groups attached to an aromatic ring is 1. The van der Waals surface area contributed by atoms with E-state index in [-0.39, 0.29) is 5.56 Å². The normalized spacial score (nSPS) is 17.0. The highest BCUT2D eigenvalue weighted by atomic mass is 19.1. The van der Waals surface area contributed by atoms with Gasteiger partial charge in [-0.25, -0.2) is 14.4 Å². The van der Waals surface area contributed by atoms with Gasteiger partial charge in [-0.05, 0) is 19.8 Å². The molecule has 2 aromatic heterocycles. The van der Waals surface area contributed by atoms with E-state index in [1.54, 1.807) is 13.1 Å². The molecule has 0 unspecified atom stereocenters. The minimum absolute atomic E-state index is 0.241. The van der Waals surface area contributed by atoms with Crippen molar-refractivity contribution in [3.8, 4) is 0 Å². The number of nitrogens with zero attached hydrogens (tertiary/aromatic N) is 3. The van der Waals surface area contributed by atoms with Gasteiger partial charge in [0.15, 0.2) is 0 Å². The van der Waals surface area contributed by atoms with Crippen LogP contribution in [0.25, 0.3) is 10.9 Å². The number of rotatable bonds is 2. The predicted octanol–water partition coefficient (Wildman–Crippen LogP) is 1.14. The topological polar surface area (TPSA) is 73.8 Å². The Kier molecular flexibility index (Phi) is 2.17. The van der Waals surface area contributed by atoms with Gasteiger partial charge in [-0.3, -0.25) is 4.79 Å². The number of pyridine rings is 1. The number of nitrogens with two attached hydrogens (primary N) is 1. The van der Waals surface area contributed by atoms with Crippen molar-refractivity contribution < 1.29 is 4.39 Å². The van der Waals surface area contributed by atoms with Crippen LogP contribution in [-0.4, -0.2) is 21.2 Å². The molecule has 3 rings (SSSR count). The minimum Gasteiger partial charge on any atom is -0.383 e. The molecule has 5 nitrogen and oxygen atoms in total. The molecule has 2 aromatic rings. The van der Waals surface area contributed by atoms with E-state index >= 15 is 0 Å². The lowest BCUT2D eigenvalue weighted by Crippen LogP contribution is -2.31. The molecular formula is C12H13FN4O. The summed E-state index contributed by atoms with van der Waals surface area (Å²) in [5.41, 5.74) is 5.43. The number of hydrogen-bond acceptors (Lipinski definition) is 4. The van der Waals surface area contributed by atoms with Gasteiger partial charge in [-0.2, -0.15) is 0 Å². The molecule has 0 aliphatic heterocycles. The molecule has 1 aliphatic carbocycles. The summed E-state index contributed by atoms with van der Waals surface area (Å²) < 4.78 is 14.5. The van der Waals surface area contributed by atoms with Crippen LogP contribution in [0.2, 0.25) is 0 Å². The third-order valence-electron chi connectivity index (χ3n) is 3.46. The Morgan fingerprint density at radius 3 is 2.83 bits per heavy atom. The van der Waals surface area contributed by atoms with Crippen LogP contribution in [-0.2, 0) is 5.54 Å². The first-order valence-electron chi connectivity index (χ1n) is 5.79. The number of halogens is 1. The maximum Gasteiger partial charge on any atom is 0.253 e. The monoisotopic (exact) mass is 248 g/mol. The van der Waals surface area contributed by atoms with Crippen molar-refractivity contribution in [2.75, 3.05) is 12.4 Å². The first-order valence-corrected chi connectivity index (χ1v) is 5.79. The van der Waals surface area contributed by atoms with E-state index in [0.717, 1.165) is 0 Å². The first kappa shape index (κ1) is 11.1. The molecule has 0 aromatic carbocycles. The highest BCUT2D eigenvalue weighted by Gasteiger charge is 2.45. The summed E-state index contributed by atoms with van der Waals surface area (Å²) in [4.78, 5) is 20.2. The van der Waals surface area contributed by atoms with Crippen molar-refractivity contribution in [3.05, 3.63) is 28.4 Å². The summed E-state index contributed by atoms with van der Waals surface area (Å²) in [6, 6.07) is 1.40. The Labute approximate surface area is 102 Å². The van der Waals surface area contributed by atoms with E-state index < -0.39 is 12.2 Å². The zero-order chi connectivity index (χ0) is 12.9. The fourth-order valence-corrected chi connectivity index (χ4v) is 2.20. The second kappa shape index (κ2) is 3.51. The van der Waals surface area contributed by atoms with Gasteiger partial charge in [0.2, 0.25) is 0 Å². The molecule has 1 aliphatic rings. The molecule has 0 radical (unpaired) electrons. The quantitative estimate of drug-likeness (QED) is 0.864. The third kappa shape index (κ3) is 1.48. The second-order valence-corrected chi connectivity index (χ2v) is 4.79. The van der Waals surface area contributed by atoms with E-state index in [9.17, 15) is 9.18 Å². The van der Waals surface area contributed by atoms with Crippen LogP contribution in [0, 0.1) is 6.92 Å².